The van der Waals surface area contributed by atoms with Crippen molar-refractivity contribution < 1.29 is 4.74 Å². The van der Waals surface area contributed by atoms with E-state index in [1.807, 2.05) is 45.1 Å². The summed E-state index contributed by atoms with van der Waals surface area (Å²) in [6.45, 7) is 39.1. The molecule has 1 aromatic rings. The largest absolute Gasteiger partial charge is 0.0991 e. The van der Waals surface area contributed by atoms with Gasteiger partial charge in [0.2, 0.25) is 0 Å². The first kappa shape index (κ1) is 40.9. The maximum Gasteiger partial charge on any atom is -0.0348 e. The molecule has 0 fully saturated rings. The molecule has 0 saturated carbocycles. The van der Waals surface area contributed by atoms with Crippen molar-refractivity contribution in [3.8, 4) is 0 Å². The van der Waals surface area contributed by atoms with Gasteiger partial charge in [0.25, 0.3) is 0 Å². The van der Waals surface area contributed by atoms with Gasteiger partial charge in [0.1, 0.15) is 0 Å². The van der Waals surface area contributed by atoms with E-state index in [9.17, 15) is 0 Å². The van der Waals surface area contributed by atoms with Crippen molar-refractivity contribution >= 4 is 18.1 Å². The van der Waals surface area contributed by atoms with Crippen LogP contribution in [0.1, 0.15) is 125 Å². The van der Waals surface area contributed by atoms with Gasteiger partial charge in [0, 0.05) is 0 Å². The zero-order valence-corrected chi connectivity index (χ0v) is 27.9. The molecular formula is C37H61BO. The summed E-state index contributed by atoms with van der Waals surface area (Å²) in [4.78, 5) is 0. The molecule has 0 bridgehead atoms. The molecule has 0 unspecified atom stereocenters. The summed E-state index contributed by atoms with van der Waals surface area (Å²) >= 11 is 0. The van der Waals surface area contributed by atoms with Crippen LogP contribution < -0.4 is 0 Å². The predicted molar refractivity (Wildman–Crippen MR) is 185 cm³/mol. The number of allylic oxidation sites excluding steroid dienone is 10. The van der Waals surface area contributed by atoms with Gasteiger partial charge in [0.15, 0.2) is 0 Å². The fourth-order valence-corrected chi connectivity index (χ4v) is 3.34. The van der Waals surface area contributed by atoms with Crippen molar-refractivity contribution in [3.05, 3.63) is 101 Å². The Morgan fingerprint density at radius 1 is 1.00 bits per heavy atom. The molecule has 0 N–H and O–H groups in total. The zero-order chi connectivity index (χ0) is 30.8. The van der Waals surface area contributed by atoms with E-state index in [1.165, 1.54) is 70.1 Å². The Kier molecular flexibility index (Phi) is 28.3. The van der Waals surface area contributed by atoms with Gasteiger partial charge >= 0.3 is 128 Å². The number of rotatable bonds is 8. The first-order chi connectivity index (χ1) is 18.6. The Morgan fingerprint density at radius 3 is 2.00 bits per heavy atom. The molecule has 1 aromatic heterocycles. The molecule has 0 saturated heterocycles. The van der Waals surface area contributed by atoms with E-state index in [-0.39, 0.29) is 0 Å². The van der Waals surface area contributed by atoms with Crippen LogP contribution in [-0.2, 0) is 4.74 Å². The van der Waals surface area contributed by atoms with Crippen molar-refractivity contribution in [1.29, 1.82) is 0 Å². The van der Waals surface area contributed by atoms with Crippen LogP contribution in [0.25, 0.3) is 11.1 Å². The number of ether oxygens (including phenoxy) is 1. The molecule has 39 heavy (non-hydrogen) atoms. The fourth-order valence-electron chi connectivity index (χ4n) is 3.34. The second-order valence-electron chi connectivity index (χ2n) is 9.56. The third-order valence-electron chi connectivity index (χ3n) is 5.78. The Morgan fingerprint density at radius 2 is 1.56 bits per heavy atom. The van der Waals surface area contributed by atoms with Crippen molar-refractivity contribution in [2.45, 2.75) is 115 Å². The standard InChI is InChI=1S/C19H23BO.C8H14.C5H10.C3H8.C2H6/c1-7-8-12(2)19-13(3)9-17(10-20-19)18-15(5)14(4)11-21-16(18)6;1-3-5-7-8-6-4-2;1-4-5(2)3;1-3-2;1-2/h7-10H,1,11H2,2-6H3;3,5,7H,1,4,6,8H2,2H3;2,4H2,1,3H3;3H2,1-2H3;1-2H3/b12-8-;7-5-;;;. The smallest absolute Gasteiger partial charge is 0.0348 e. The van der Waals surface area contributed by atoms with Crippen molar-refractivity contribution in [2.24, 2.45) is 0 Å². The minimum atomic E-state index is 0.708. The summed E-state index contributed by atoms with van der Waals surface area (Å²) in [5.41, 5.74) is 10.2. The molecule has 0 radical (unpaired) electrons. The molecule has 2 rings (SSSR count). The van der Waals surface area contributed by atoms with Crippen molar-refractivity contribution in [1.82, 2.24) is 0 Å². The summed E-state index contributed by atoms with van der Waals surface area (Å²) < 4.78 is 5.78. The first-order valence-corrected chi connectivity index (χ1v) is 14.9. The molecular weight excluding hydrogens is 471 g/mol. The molecule has 218 valence electrons. The topological polar surface area (TPSA) is 9.23 Å². The Bertz CT molecular complexity index is 954. The van der Waals surface area contributed by atoms with Gasteiger partial charge in [-0.2, -0.15) is 0 Å². The Labute approximate surface area is 245 Å². The van der Waals surface area contributed by atoms with Gasteiger partial charge in [-0.3, -0.25) is 0 Å². The van der Waals surface area contributed by atoms with Crippen molar-refractivity contribution in [2.75, 3.05) is 6.61 Å². The van der Waals surface area contributed by atoms with Gasteiger partial charge in [-0.15, -0.1) is 6.58 Å². The number of hydrogen-bond donors (Lipinski definition) is 0. The van der Waals surface area contributed by atoms with Crippen LogP contribution in [0.2, 0.25) is 0 Å². The number of unbranched alkanes of at least 4 members (excludes halogenated alkanes) is 2. The second-order valence-corrected chi connectivity index (χ2v) is 9.56. The van der Waals surface area contributed by atoms with E-state index in [4.69, 9.17) is 4.74 Å². The molecule has 1 aliphatic heterocycles. The molecule has 0 aliphatic carbocycles. The van der Waals surface area contributed by atoms with E-state index in [0.29, 0.717) is 6.61 Å². The molecule has 0 amide bonds. The Balaban J connectivity index is -0.000000593. The van der Waals surface area contributed by atoms with Crippen molar-refractivity contribution in [3.63, 3.8) is 0 Å². The third kappa shape index (κ3) is 19.2. The fraction of sp³-hybridized carbons (Fsp3) is 0.486. The third-order valence-corrected chi connectivity index (χ3v) is 5.78. The number of aryl methyl sites for hydroxylation is 1. The first-order valence-electron chi connectivity index (χ1n) is 14.9. The van der Waals surface area contributed by atoms with Crippen LogP contribution in [0.15, 0.2) is 84.6 Å². The van der Waals surface area contributed by atoms with E-state index in [1.54, 1.807) is 0 Å². The monoisotopic (exact) mass is 532 g/mol. The Hall–Kier alpha value is -2.61. The molecule has 2 heterocycles. The van der Waals surface area contributed by atoms with Crippen LogP contribution in [0, 0.1) is 6.92 Å². The summed E-state index contributed by atoms with van der Waals surface area (Å²) in [7, 11) is 0. The molecule has 0 spiro atoms. The summed E-state index contributed by atoms with van der Waals surface area (Å²) in [5, 5.41) is 0. The summed E-state index contributed by atoms with van der Waals surface area (Å²) in [6.07, 6.45) is 16.0. The maximum absolute atomic E-state index is 5.78. The average molecular weight is 533 g/mol. The molecule has 1 nitrogen and oxygen atoms in total. The van der Waals surface area contributed by atoms with Crippen LogP contribution in [0.5, 0.6) is 0 Å². The SMILES string of the molecule is C=C(C)CC.C=C/C=C(/C)c1bcc(C2=C(C)OCC(C)=C2C)cc1C.C=C/C=C\CCCC.CC.CCC. The van der Waals surface area contributed by atoms with Crippen LogP contribution in [-0.4, -0.2) is 13.5 Å². The molecule has 2 heteroatoms. The van der Waals surface area contributed by atoms with E-state index >= 15 is 0 Å². The minimum Gasteiger partial charge on any atom is -0.0991 e. The van der Waals surface area contributed by atoms with E-state index in [0.717, 1.165) is 12.2 Å². The van der Waals surface area contributed by atoms with Crippen LogP contribution in [0.4, 0.5) is 0 Å². The summed E-state index contributed by atoms with van der Waals surface area (Å²) in [5.74, 6) is 3.20. The van der Waals surface area contributed by atoms with Gasteiger partial charge in [0.05, 0.1) is 0 Å². The molecule has 0 atom stereocenters. The quantitative estimate of drug-likeness (QED) is 0.184. The predicted octanol–water partition coefficient (Wildman–Crippen LogP) is 12.4. The van der Waals surface area contributed by atoms with E-state index in [2.05, 4.69) is 107 Å². The van der Waals surface area contributed by atoms with Gasteiger partial charge < -0.3 is 0 Å². The van der Waals surface area contributed by atoms with Gasteiger partial charge in [-0.05, 0) is 19.8 Å². The van der Waals surface area contributed by atoms with Crippen LogP contribution >= 0.6 is 0 Å². The minimum absolute atomic E-state index is 0.708. The summed E-state index contributed by atoms with van der Waals surface area (Å²) in [6, 6.07) is 2.25. The second kappa shape index (κ2) is 27.0. The van der Waals surface area contributed by atoms with Gasteiger partial charge in [-0.1, -0.05) is 91.2 Å². The zero-order valence-electron chi connectivity index (χ0n) is 27.9. The molecule has 0 aromatic carbocycles. The normalized spacial score (nSPS) is 12.3. The van der Waals surface area contributed by atoms with Crippen LogP contribution in [0.3, 0.4) is 0 Å². The van der Waals surface area contributed by atoms with Gasteiger partial charge in [-0.25, -0.2) is 0 Å². The van der Waals surface area contributed by atoms with E-state index < -0.39 is 0 Å². The average Bonchev–Trinajstić information content (AvgIpc) is 2.91. The molecule has 1 aliphatic rings. The maximum atomic E-state index is 5.78. The number of hydrogen-bond acceptors (Lipinski definition) is 1.